The highest BCUT2D eigenvalue weighted by atomic mass is 35.5. The van der Waals surface area contributed by atoms with Gasteiger partial charge in [0.1, 0.15) is 11.5 Å². The van der Waals surface area contributed by atoms with Crippen molar-refractivity contribution in [1.82, 2.24) is 10.2 Å². The lowest BCUT2D eigenvalue weighted by atomic mass is 10.2. The Hall–Kier alpha value is -2.22. The number of alkyl halides is 3. The smallest absolute Gasteiger partial charge is 0.382 e. The molecule has 0 aliphatic rings. The number of aromatic nitrogens is 2. The number of H-pyrrole nitrogens is 1. The minimum Gasteiger partial charge on any atom is -0.382 e. The summed E-state index contributed by atoms with van der Waals surface area (Å²) in [7, 11) is 0. The lowest BCUT2D eigenvalue weighted by Gasteiger charge is -2.11. The lowest BCUT2D eigenvalue weighted by molar-refractivity contribution is -0.137. The molecule has 0 unspecified atom stereocenters. The van der Waals surface area contributed by atoms with Gasteiger partial charge in [-0.05, 0) is 18.2 Å². The number of hydrogen-bond donors (Lipinski definition) is 3. The van der Waals surface area contributed by atoms with E-state index in [2.05, 4.69) is 15.5 Å². The summed E-state index contributed by atoms with van der Waals surface area (Å²) in [4.78, 5) is 11.8. The number of hydrogen-bond acceptors (Lipinski definition) is 3. The third kappa shape index (κ3) is 3.02. The normalized spacial score (nSPS) is 11.4. The van der Waals surface area contributed by atoms with E-state index in [0.29, 0.717) is 0 Å². The number of nitrogens with two attached hydrogens (primary N) is 1. The fourth-order valence-electron chi connectivity index (χ4n) is 1.44. The highest BCUT2D eigenvalue weighted by Crippen LogP contribution is 2.33. The second kappa shape index (κ2) is 5.04. The predicted octanol–water partition coefficient (Wildman–Crippen LogP) is 2.92. The van der Waals surface area contributed by atoms with Crippen LogP contribution in [0.2, 0.25) is 5.02 Å². The Morgan fingerprint density at radius 3 is 2.60 bits per heavy atom. The van der Waals surface area contributed by atoms with Gasteiger partial charge in [0.25, 0.3) is 5.91 Å². The fourth-order valence-corrected chi connectivity index (χ4v) is 1.61. The van der Waals surface area contributed by atoms with Gasteiger partial charge in [0.05, 0.1) is 16.3 Å². The Balaban J connectivity index is 2.27. The van der Waals surface area contributed by atoms with Crippen molar-refractivity contribution in [2.45, 2.75) is 6.18 Å². The summed E-state index contributed by atoms with van der Waals surface area (Å²) < 4.78 is 37.7. The van der Waals surface area contributed by atoms with E-state index in [1.165, 1.54) is 6.07 Å². The van der Waals surface area contributed by atoms with Crippen molar-refractivity contribution in [3.63, 3.8) is 0 Å². The van der Waals surface area contributed by atoms with E-state index in [9.17, 15) is 18.0 Å². The summed E-state index contributed by atoms with van der Waals surface area (Å²) in [5, 5.41) is 8.11. The molecule has 0 aliphatic carbocycles. The van der Waals surface area contributed by atoms with Crippen LogP contribution in [0, 0.1) is 0 Å². The standard InChI is InChI=1S/C11H8ClF3N4O/c12-6-2-1-5(11(13,14)15)3-7(6)17-10(20)8-4-9(16)19-18-8/h1-4H,(H,17,20)(H3,16,18,19). The summed E-state index contributed by atoms with van der Waals surface area (Å²) in [5.74, 6) is -0.610. The summed E-state index contributed by atoms with van der Waals surface area (Å²) in [6, 6.07) is 3.88. The van der Waals surface area contributed by atoms with Crippen LogP contribution in [0.5, 0.6) is 0 Å². The van der Waals surface area contributed by atoms with Gasteiger partial charge in [-0.2, -0.15) is 18.3 Å². The average molecular weight is 305 g/mol. The van der Waals surface area contributed by atoms with Crippen molar-refractivity contribution in [2.75, 3.05) is 11.1 Å². The zero-order valence-electron chi connectivity index (χ0n) is 9.75. The monoisotopic (exact) mass is 304 g/mol. The number of halogens is 4. The predicted molar refractivity (Wildman–Crippen MR) is 67.4 cm³/mol. The molecule has 1 heterocycles. The maximum Gasteiger partial charge on any atom is 0.416 e. The molecular formula is C11H8ClF3N4O. The number of aromatic amines is 1. The van der Waals surface area contributed by atoms with E-state index in [4.69, 9.17) is 17.3 Å². The molecule has 0 radical (unpaired) electrons. The van der Waals surface area contributed by atoms with Crippen LogP contribution in [0.25, 0.3) is 0 Å². The SMILES string of the molecule is Nc1cc(C(=O)Nc2cc(C(F)(F)F)ccc2Cl)[nH]n1. The molecule has 20 heavy (non-hydrogen) atoms. The van der Waals surface area contributed by atoms with Gasteiger partial charge in [-0.25, -0.2) is 0 Å². The first-order chi connectivity index (χ1) is 9.27. The highest BCUT2D eigenvalue weighted by Gasteiger charge is 2.31. The molecule has 1 amide bonds. The summed E-state index contributed by atoms with van der Waals surface area (Å²) in [5.41, 5.74) is 4.27. The van der Waals surface area contributed by atoms with Gasteiger partial charge >= 0.3 is 6.18 Å². The average Bonchev–Trinajstić information content (AvgIpc) is 2.77. The first-order valence-corrected chi connectivity index (χ1v) is 5.64. The van der Waals surface area contributed by atoms with Crippen molar-refractivity contribution in [1.29, 1.82) is 0 Å². The number of nitrogens with one attached hydrogen (secondary N) is 2. The molecule has 0 saturated heterocycles. The molecule has 9 heteroatoms. The zero-order valence-corrected chi connectivity index (χ0v) is 10.5. The minimum absolute atomic E-state index is 0.0102. The molecule has 0 bridgehead atoms. The molecule has 0 aliphatic heterocycles. The summed E-state index contributed by atoms with van der Waals surface area (Å²) >= 11 is 5.75. The van der Waals surface area contributed by atoms with Crippen LogP contribution in [0.3, 0.4) is 0 Å². The summed E-state index contributed by atoms with van der Waals surface area (Å²) in [6.45, 7) is 0. The van der Waals surface area contributed by atoms with Crippen molar-refractivity contribution in [3.05, 3.63) is 40.5 Å². The van der Waals surface area contributed by atoms with Gasteiger partial charge in [0.15, 0.2) is 0 Å². The maximum atomic E-state index is 12.6. The largest absolute Gasteiger partial charge is 0.416 e. The minimum atomic E-state index is -4.53. The molecular weight excluding hydrogens is 297 g/mol. The van der Waals surface area contributed by atoms with Crippen molar-refractivity contribution >= 4 is 29.0 Å². The number of carbonyl (C=O) groups excluding carboxylic acids is 1. The van der Waals surface area contributed by atoms with Crippen LogP contribution in [0.4, 0.5) is 24.7 Å². The van der Waals surface area contributed by atoms with Gasteiger partial charge in [-0.15, -0.1) is 0 Å². The molecule has 1 aromatic carbocycles. The number of nitrogens with zero attached hydrogens (tertiary/aromatic N) is 1. The third-order valence-corrected chi connectivity index (χ3v) is 2.71. The van der Waals surface area contributed by atoms with Gasteiger partial charge in [0.2, 0.25) is 0 Å². The van der Waals surface area contributed by atoms with Crippen LogP contribution in [-0.4, -0.2) is 16.1 Å². The van der Waals surface area contributed by atoms with Crippen LogP contribution in [-0.2, 0) is 6.18 Å². The second-order valence-corrected chi connectivity index (χ2v) is 4.26. The molecule has 5 nitrogen and oxygen atoms in total. The van der Waals surface area contributed by atoms with E-state index in [1.54, 1.807) is 0 Å². The van der Waals surface area contributed by atoms with E-state index in [1.807, 2.05) is 0 Å². The molecule has 0 saturated carbocycles. The van der Waals surface area contributed by atoms with Gasteiger partial charge in [-0.3, -0.25) is 9.89 Å². The number of rotatable bonds is 2. The van der Waals surface area contributed by atoms with E-state index in [-0.39, 0.29) is 22.2 Å². The Labute approximate surface area is 115 Å². The summed E-state index contributed by atoms with van der Waals surface area (Å²) in [6.07, 6.45) is -4.53. The van der Waals surface area contributed by atoms with Gasteiger partial charge in [0, 0.05) is 6.07 Å². The topological polar surface area (TPSA) is 83.8 Å². The van der Waals surface area contributed by atoms with Crippen molar-refractivity contribution in [2.24, 2.45) is 0 Å². The number of nitrogen functional groups attached to an aromatic ring is 1. The quantitative estimate of drug-likeness (QED) is 0.797. The highest BCUT2D eigenvalue weighted by molar-refractivity contribution is 6.33. The van der Waals surface area contributed by atoms with E-state index in [0.717, 1.165) is 18.2 Å². The number of carbonyl (C=O) groups is 1. The molecule has 0 fully saturated rings. The molecule has 0 spiro atoms. The number of amides is 1. The van der Waals surface area contributed by atoms with Crippen LogP contribution in [0.1, 0.15) is 16.1 Å². The number of benzene rings is 1. The van der Waals surface area contributed by atoms with Crippen LogP contribution >= 0.6 is 11.6 Å². The number of anilines is 2. The van der Waals surface area contributed by atoms with E-state index >= 15 is 0 Å². The fraction of sp³-hybridized carbons (Fsp3) is 0.0909. The molecule has 0 atom stereocenters. The molecule has 4 N–H and O–H groups in total. The Bertz CT molecular complexity index is 653. The van der Waals surface area contributed by atoms with Gasteiger partial charge < -0.3 is 11.1 Å². The molecule has 2 aromatic rings. The Morgan fingerprint density at radius 1 is 1.35 bits per heavy atom. The third-order valence-electron chi connectivity index (χ3n) is 2.38. The van der Waals surface area contributed by atoms with Crippen LogP contribution in [0.15, 0.2) is 24.3 Å². The Morgan fingerprint density at radius 2 is 2.05 bits per heavy atom. The zero-order chi connectivity index (χ0) is 14.9. The molecule has 1 aromatic heterocycles. The lowest BCUT2D eigenvalue weighted by Crippen LogP contribution is -2.14. The van der Waals surface area contributed by atoms with E-state index < -0.39 is 17.6 Å². The first kappa shape index (κ1) is 14.2. The second-order valence-electron chi connectivity index (χ2n) is 3.85. The van der Waals surface area contributed by atoms with Crippen molar-refractivity contribution in [3.8, 4) is 0 Å². The Kier molecular flexibility index (Phi) is 3.58. The maximum absolute atomic E-state index is 12.6. The van der Waals surface area contributed by atoms with Gasteiger partial charge in [-0.1, -0.05) is 11.6 Å². The van der Waals surface area contributed by atoms with Crippen LogP contribution < -0.4 is 11.1 Å². The first-order valence-electron chi connectivity index (χ1n) is 5.26. The van der Waals surface area contributed by atoms with Crippen molar-refractivity contribution < 1.29 is 18.0 Å². The molecule has 2 rings (SSSR count). The molecule has 106 valence electrons.